The van der Waals surface area contributed by atoms with Crippen molar-refractivity contribution >= 4 is 11.6 Å². The molecule has 17 heavy (non-hydrogen) atoms. The van der Waals surface area contributed by atoms with Gasteiger partial charge in [-0.2, -0.15) is 0 Å². The number of ketones is 2. The van der Waals surface area contributed by atoms with E-state index in [0.29, 0.717) is 11.3 Å². The number of hydrogen-bond acceptors (Lipinski definition) is 2. The van der Waals surface area contributed by atoms with Crippen LogP contribution in [-0.4, -0.2) is 16.1 Å². The van der Waals surface area contributed by atoms with Gasteiger partial charge in [0, 0.05) is 24.4 Å². The Balaban J connectivity index is 2.43. The largest absolute Gasteiger partial charge is 0.314 e. The summed E-state index contributed by atoms with van der Waals surface area (Å²) in [6, 6.07) is 10.8. The van der Waals surface area contributed by atoms with Crippen LogP contribution >= 0.6 is 0 Å². The van der Waals surface area contributed by atoms with Gasteiger partial charge in [-0.1, -0.05) is 0 Å². The number of nitrogens with zero attached hydrogens (tertiary/aromatic N) is 1. The van der Waals surface area contributed by atoms with Crippen LogP contribution in [0.5, 0.6) is 0 Å². The van der Waals surface area contributed by atoms with Crippen LogP contribution in [0.25, 0.3) is 5.69 Å². The summed E-state index contributed by atoms with van der Waals surface area (Å²) in [4.78, 5) is 22.6. The highest BCUT2D eigenvalue weighted by Crippen LogP contribution is 2.14. The van der Waals surface area contributed by atoms with E-state index in [0.717, 1.165) is 5.69 Å². The predicted octanol–water partition coefficient (Wildman–Crippen LogP) is 2.88. The van der Waals surface area contributed by atoms with E-state index >= 15 is 0 Å². The van der Waals surface area contributed by atoms with Crippen molar-refractivity contribution in [3.63, 3.8) is 0 Å². The van der Waals surface area contributed by atoms with Crippen LogP contribution < -0.4 is 0 Å². The van der Waals surface area contributed by atoms with Crippen LogP contribution in [-0.2, 0) is 0 Å². The molecule has 0 aliphatic rings. The van der Waals surface area contributed by atoms with Crippen LogP contribution in [0, 0.1) is 0 Å². The Morgan fingerprint density at radius 3 is 2.12 bits per heavy atom. The molecule has 1 heterocycles. The topological polar surface area (TPSA) is 39.1 Å². The van der Waals surface area contributed by atoms with E-state index in [1.165, 1.54) is 13.8 Å². The maximum absolute atomic E-state index is 11.4. The summed E-state index contributed by atoms with van der Waals surface area (Å²) in [6.07, 6.45) is 1.83. The van der Waals surface area contributed by atoms with Crippen LogP contribution in [0.4, 0.5) is 0 Å². The third-order valence-electron chi connectivity index (χ3n) is 2.66. The maximum Gasteiger partial charge on any atom is 0.176 e. The van der Waals surface area contributed by atoms with Crippen molar-refractivity contribution in [2.75, 3.05) is 0 Å². The molecule has 3 nitrogen and oxygen atoms in total. The SMILES string of the molecule is CC(=O)c1ccc(-n2cccc2C(C)=O)cc1. The first-order valence-corrected chi connectivity index (χ1v) is 5.39. The average molecular weight is 227 g/mol. The molecule has 86 valence electrons. The van der Waals surface area contributed by atoms with Crippen molar-refractivity contribution in [2.45, 2.75) is 13.8 Å². The zero-order chi connectivity index (χ0) is 12.4. The molecular weight excluding hydrogens is 214 g/mol. The van der Waals surface area contributed by atoms with Crippen molar-refractivity contribution in [3.8, 4) is 5.69 Å². The lowest BCUT2D eigenvalue weighted by molar-refractivity contribution is 0.100. The molecule has 0 bridgehead atoms. The quantitative estimate of drug-likeness (QED) is 0.756. The normalized spacial score (nSPS) is 10.2. The van der Waals surface area contributed by atoms with Gasteiger partial charge in [0.15, 0.2) is 11.6 Å². The molecule has 0 saturated carbocycles. The van der Waals surface area contributed by atoms with Gasteiger partial charge in [0.25, 0.3) is 0 Å². The highest BCUT2D eigenvalue weighted by Gasteiger charge is 2.07. The van der Waals surface area contributed by atoms with E-state index in [9.17, 15) is 9.59 Å². The first-order chi connectivity index (χ1) is 8.09. The number of benzene rings is 1. The summed E-state index contributed by atoms with van der Waals surface area (Å²) in [7, 11) is 0. The molecule has 0 aliphatic heterocycles. The lowest BCUT2D eigenvalue weighted by atomic mass is 10.1. The zero-order valence-corrected chi connectivity index (χ0v) is 9.81. The number of carbonyl (C=O) groups excluding carboxylic acids is 2. The second kappa shape index (κ2) is 4.37. The van der Waals surface area contributed by atoms with E-state index < -0.39 is 0 Å². The Bertz CT molecular complexity index is 564. The first-order valence-electron chi connectivity index (χ1n) is 5.39. The van der Waals surface area contributed by atoms with Crippen molar-refractivity contribution in [1.29, 1.82) is 0 Å². The van der Waals surface area contributed by atoms with Gasteiger partial charge in [0.2, 0.25) is 0 Å². The molecule has 2 aromatic rings. The number of hydrogen-bond donors (Lipinski definition) is 0. The van der Waals surface area contributed by atoms with Crippen LogP contribution in [0.3, 0.4) is 0 Å². The molecule has 0 atom stereocenters. The lowest BCUT2D eigenvalue weighted by Crippen LogP contribution is -2.03. The van der Waals surface area contributed by atoms with E-state index in [4.69, 9.17) is 0 Å². The Morgan fingerprint density at radius 2 is 1.59 bits per heavy atom. The number of rotatable bonds is 3. The summed E-state index contributed by atoms with van der Waals surface area (Å²) in [5.74, 6) is 0.0569. The molecule has 3 heteroatoms. The van der Waals surface area contributed by atoms with Crippen molar-refractivity contribution < 1.29 is 9.59 Å². The van der Waals surface area contributed by atoms with Gasteiger partial charge in [0.05, 0.1) is 5.69 Å². The van der Waals surface area contributed by atoms with E-state index in [-0.39, 0.29) is 11.6 Å². The first kappa shape index (κ1) is 11.3. The second-order valence-corrected chi connectivity index (χ2v) is 3.92. The summed E-state index contributed by atoms with van der Waals surface area (Å²) in [5, 5.41) is 0. The van der Waals surface area contributed by atoms with Crippen LogP contribution in [0.15, 0.2) is 42.6 Å². The summed E-state index contributed by atoms with van der Waals surface area (Å²) < 4.78 is 1.81. The van der Waals surface area contributed by atoms with Gasteiger partial charge >= 0.3 is 0 Å². The Morgan fingerprint density at radius 1 is 0.941 bits per heavy atom. The monoisotopic (exact) mass is 227 g/mol. The lowest BCUT2D eigenvalue weighted by Gasteiger charge is -2.07. The van der Waals surface area contributed by atoms with Crippen LogP contribution in [0.2, 0.25) is 0 Å². The van der Waals surface area contributed by atoms with E-state index in [2.05, 4.69) is 0 Å². The number of Topliss-reactive ketones (excluding diaryl/α,β-unsaturated/α-hetero) is 2. The molecule has 0 amide bonds. The minimum atomic E-state index is 0.0191. The molecule has 0 spiro atoms. The molecule has 2 rings (SSSR count). The zero-order valence-electron chi connectivity index (χ0n) is 9.81. The third-order valence-corrected chi connectivity index (χ3v) is 2.66. The van der Waals surface area contributed by atoms with Crippen LogP contribution in [0.1, 0.15) is 34.7 Å². The van der Waals surface area contributed by atoms with Gasteiger partial charge in [-0.15, -0.1) is 0 Å². The molecule has 0 saturated heterocycles. The Labute approximate surface area is 99.7 Å². The minimum Gasteiger partial charge on any atom is -0.314 e. The smallest absolute Gasteiger partial charge is 0.176 e. The van der Waals surface area contributed by atoms with Crippen molar-refractivity contribution in [3.05, 3.63) is 53.9 Å². The van der Waals surface area contributed by atoms with Crippen molar-refractivity contribution in [2.24, 2.45) is 0 Å². The number of carbonyl (C=O) groups is 2. The van der Waals surface area contributed by atoms with Gasteiger partial charge in [0.1, 0.15) is 0 Å². The summed E-state index contributed by atoms with van der Waals surface area (Å²) in [5.41, 5.74) is 2.19. The Kier molecular flexibility index (Phi) is 2.91. The fourth-order valence-electron chi connectivity index (χ4n) is 1.75. The fourth-order valence-corrected chi connectivity index (χ4v) is 1.75. The number of aromatic nitrogens is 1. The van der Waals surface area contributed by atoms with E-state index in [1.54, 1.807) is 18.2 Å². The molecule has 0 N–H and O–H groups in total. The summed E-state index contributed by atoms with van der Waals surface area (Å²) >= 11 is 0. The van der Waals surface area contributed by atoms with Crippen molar-refractivity contribution in [1.82, 2.24) is 4.57 Å². The predicted molar refractivity (Wildman–Crippen MR) is 65.8 cm³/mol. The second-order valence-electron chi connectivity index (χ2n) is 3.92. The molecule has 0 aliphatic carbocycles. The fraction of sp³-hybridized carbons (Fsp3) is 0.143. The molecule has 0 fully saturated rings. The maximum atomic E-state index is 11.4. The van der Waals surface area contributed by atoms with Gasteiger partial charge < -0.3 is 4.57 Å². The van der Waals surface area contributed by atoms with Gasteiger partial charge in [-0.05, 0) is 43.3 Å². The third kappa shape index (κ3) is 2.18. The molecule has 0 unspecified atom stereocenters. The molecule has 1 aromatic heterocycles. The molecule has 1 aromatic carbocycles. The Hall–Kier alpha value is -2.16. The molecule has 0 radical (unpaired) electrons. The minimum absolute atomic E-state index is 0.0191. The van der Waals surface area contributed by atoms with Gasteiger partial charge in [-0.25, -0.2) is 0 Å². The molecular formula is C14H13NO2. The summed E-state index contributed by atoms with van der Waals surface area (Å²) in [6.45, 7) is 3.07. The highest BCUT2D eigenvalue weighted by atomic mass is 16.1. The average Bonchev–Trinajstić information content (AvgIpc) is 2.78. The van der Waals surface area contributed by atoms with Gasteiger partial charge in [-0.3, -0.25) is 9.59 Å². The van der Waals surface area contributed by atoms with E-state index in [1.807, 2.05) is 29.0 Å². The highest BCUT2D eigenvalue weighted by molar-refractivity contribution is 5.94. The standard InChI is InChI=1S/C14H13NO2/c1-10(16)12-5-7-13(8-6-12)15-9-3-4-14(15)11(2)17/h3-9H,1-2H3.